The van der Waals surface area contributed by atoms with Crippen LogP contribution in [0.5, 0.6) is 0 Å². The summed E-state index contributed by atoms with van der Waals surface area (Å²) >= 11 is 1.36. The van der Waals surface area contributed by atoms with Crippen LogP contribution in [0.4, 0.5) is 18.9 Å². The van der Waals surface area contributed by atoms with Crippen LogP contribution in [0.3, 0.4) is 0 Å². The van der Waals surface area contributed by atoms with E-state index < -0.39 is 17.5 Å². The lowest BCUT2D eigenvalue weighted by atomic mass is 10.2. The molecule has 0 aliphatic heterocycles. The number of thiophene rings is 1. The fourth-order valence-corrected chi connectivity index (χ4v) is 2.61. The van der Waals surface area contributed by atoms with Crippen molar-refractivity contribution in [2.45, 2.75) is 13.0 Å². The summed E-state index contributed by atoms with van der Waals surface area (Å²) in [6, 6.07) is 5.53. The van der Waals surface area contributed by atoms with Gasteiger partial charge in [0.25, 0.3) is 0 Å². The number of ether oxygens (including phenoxy) is 1. The fourth-order valence-electron chi connectivity index (χ4n) is 1.67. The molecule has 21 heavy (non-hydrogen) atoms. The van der Waals surface area contributed by atoms with Gasteiger partial charge in [-0.05, 0) is 24.3 Å². The van der Waals surface area contributed by atoms with E-state index in [9.17, 15) is 18.0 Å². The Kier molecular flexibility index (Phi) is 4.85. The summed E-state index contributed by atoms with van der Waals surface area (Å²) < 4.78 is 43.9. The summed E-state index contributed by atoms with van der Waals surface area (Å²) in [5.41, 5.74) is -0.114. The molecule has 1 aromatic heterocycles. The van der Waals surface area contributed by atoms with Gasteiger partial charge in [-0.1, -0.05) is 0 Å². The van der Waals surface area contributed by atoms with E-state index in [2.05, 4.69) is 10.1 Å². The lowest BCUT2D eigenvalue weighted by Crippen LogP contribution is -2.03. The maximum absolute atomic E-state index is 13.5. The van der Waals surface area contributed by atoms with Crippen LogP contribution in [0.2, 0.25) is 0 Å². The molecule has 1 heterocycles. The third kappa shape index (κ3) is 3.75. The van der Waals surface area contributed by atoms with Crippen LogP contribution in [0.25, 0.3) is 0 Å². The molecule has 0 spiro atoms. The minimum atomic E-state index is -1.50. The number of halogens is 3. The van der Waals surface area contributed by atoms with Crippen molar-refractivity contribution < 1.29 is 22.7 Å². The first-order chi connectivity index (χ1) is 10.0. The van der Waals surface area contributed by atoms with Crippen molar-refractivity contribution in [2.75, 3.05) is 12.4 Å². The molecular formula is C14H12F3NO2S. The van der Waals surface area contributed by atoms with Gasteiger partial charge in [0, 0.05) is 16.3 Å². The summed E-state index contributed by atoms with van der Waals surface area (Å²) in [4.78, 5) is 12.8. The molecule has 3 nitrogen and oxygen atoms in total. The number of esters is 1. The molecule has 0 amide bonds. The second kappa shape index (κ2) is 6.62. The maximum atomic E-state index is 13.5. The van der Waals surface area contributed by atoms with E-state index in [0.717, 1.165) is 21.9 Å². The number of hydrogen-bond donors (Lipinski definition) is 1. The third-order valence-electron chi connectivity index (χ3n) is 2.75. The number of anilines is 1. The van der Waals surface area contributed by atoms with E-state index in [4.69, 9.17) is 0 Å². The van der Waals surface area contributed by atoms with Crippen molar-refractivity contribution in [2.24, 2.45) is 0 Å². The van der Waals surface area contributed by atoms with E-state index in [1.54, 1.807) is 12.1 Å². The zero-order chi connectivity index (χ0) is 15.4. The van der Waals surface area contributed by atoms with Crippen LogP contribution in [-0.2, 0) is 22.5 Å². The molecule has 7 heteroatoms. The number of methoxy groups -OCH3 is 1. The Bertz CT molecular complexity index is 658. The van der Waals surface area contributed by atoms with Gasteiger partial charge in [-0.25, -0.2) is 13.2 Å². The molecule has 0 radical (unpaired) electrons. The Labute approximate surface area is 123 Å². The molecule has 1 aromatic carbocycles. The predicted molar refractivity (Wildman–Crippen MR) is 73.7 cm³/mol. The molecule has 2 aromatic rings. The van der Waals surface area contributed by atoms with Crippen molar-refractivity contribution in [3.8, 4) is 0 Å². The van der Waals surface area contributed by atoms with Gasteiger partial charge in [0.05, 0.1) is 19.2 Å². The fraction of sp³-hybridized carbons (Fsp3) is 0.214. The molecule has 0 aliphatic carbocycles. The lowest BCUT2D eigenvalue weighted by molar-refractivity contribution is -0.139. The highest BCUT2D eigenvalue weighted by Crippen LogP contribution is 2.22. The van der Waals surface area contributed by atoms with Crippen molar-refractivity contribution in [3.05, 3.63) is 51.5 Å². The van der Waals surface area contributed by atoms with Gasteiger partial charge in [-0.3, -0.25) is 4.79 Å². The molecule has 2 rings (SSSR count). The molecule has 0 aliphatic rings. The number of benzene rings is 1. The Morgan fingerprint density at radius 2 is 1.86 bits per heavy atom. The molecule has 1 N–H and O–H groups in total. The second-order valence-corrected chi connectivity index (χ2v) is 5.45. The van der Waals surface area contributed by atoms with E-state index in [1.807, 2.05) is 0 Å². The number of hydrogen-bond acceptors (Lipinski definition) is 4. The largest absolute Gasteiger partial charge is 0.469 e. The highest BCUT2D eigenvalue weighted by molar-refractivity contribution is 7.12. The maximum Gasteiger partial charge on any atom is 0.310 e. The Hall–Kier alpha value is -2.02. The first kappa shape index (κ1) is 15.4. The van der Waals surface area contributed by atoms with E-state index in [-0.39, 0.29) is 24.6 Å². The van der Waals surface area contributed by atoms with Gasteiger partial charge in [0.2, 0.25) is 0 Å². The Morgan fingerprint density at radius 3 is 2.57 bits per heavy atom. The van der Waals surface area contributed by atoms with Crippen LogP contribution in [0.1, 0.15) is 9.75 Å². The summed E-state index contributed by atoms with van der Waals surface area (Å²) in [5.74, 6) is -4.32. The number of rotatable bonds is 5. The van der Waals surface area contributed by atoms with Crippen LogP contribution in [0.15, 0.2) is 24.3 Å². The molecule has 0 saturated heterocycles. The number of nitrogens with one attached hydrogen (secondary N) is 1. The molecular weight excluding hydrogens is 303 g/mol. The van der Waals surface area contributed by atoms with Crippen LogP contribution in [-0.4, -0.2) is 13.1 Å². The topological polar surface area (TPSA) is 38.3 Å². The number of carbonyl (C=O) groups is 1. The van der Waals surface area contributed by atoms with Crippen LogP contribution < -0.4 is 5.32 Å². The smallest absolute Gasteiger partial charge is 0.310 e. The normalized spacial score (nSPS) is 10.5. The molecule has 0 bridgehead atoms. The molecule has 0 fully saturated rings. The quantitative estimate of drug-likeness (QED) is 0.678. The minimum absolute atomic E-state index is 0.114. The number of carbonyl (C=O) groups excluding carboxylic acids is 1. The highest BCUT2D eigenvalue weighted by atomic mass is 32.1. The van der Waals surface area contributed by atoms with E-state index in [0.29, 0.717) is 0 Å². The van der Waals surface area contributed by atoms with Crippen LogP contribution >= 0.6 is 11.3 Å². The third-order valence-corrected chi connectivity index (χ3v) is 3.84. The second-order valence-electron chi connectivity index (χ2n) is 4.20. The van der Waals surface area contributed by atoms with E-state index >= 15 is 0 Å². The SMILES string of the molecule is COC(=O)Cc1ccc(CNc2ccc(F)c(F)c2F)s1. The average molecular weight is 315 g/mol. The van der Waals surface area contributed by atoms with Crippen molar-refractivity contribution >= 4 is 23.0 Å². The zero-order valence-corrected chi connectivity index (χ0v) is 11.9. The monoisotopic (exact) mass is 315 g/mol. The standard InChI is InChI=1S/C14H12F3NO2S/c1-20-12(19)6-8-2-3-9(21-8)7-18-11-5-4-10(15)13(16)14(11)17/h2-5,18H,6-7H2,1H3. The summed E-state index contributed by atoms with van der Waals surface area (Å²) in [7, 11) is 1.31. The lowest BCUT2D eigenvalue weighted by Gasteiger charge is -2.07. The summed E-state index contributed by atoms with van der Waals surface area (Å²) in [5, 5.41) is 2.69. The van der Waals surface area contributed by atoms with Crippen molar-refractivity contribution in [1.82, 2.24) is 0 Å². The molecule has 112 valence electrons. The van der Waals surface area contributed by atoms with Gasteiger partial charge in [-0.2, -0.15) is 0 Å². The summed E-state index contributed by atoms with van der Waals surface area (Å²) in [6.45, 7) is 0.244. The molecule has 0 atom stereocenters. The Morgan fingerprint density at radius 1 is 1.14 bits per heavy atom. The molecule has 0 unspecified atom stereocenters. The first-order valence-electron chi connectivity index (χ1n) is 6.03. The Balaban J connectivity index is 2.00. The highest BCUT2D eigenvalue weighted by Gasteiger charge is 2.13. The van der Waals surface area contributed by atoms with Crippen LogP contribution in [0, 0.1) is 17.5 Å². The van der Waals surface area contributed by atoms with Gasteiger partial charge in [0.15, 0.2) is 17.5 Å². The minimum Gasteiger partial charge on any atom is -0.469 e. The summed E-state index contributed by atoms with van der Waals surface area (Å²) in [6.07, 6.45) is 0.167. The van der Waals surface area contributed by atoms with Gasteiger partial charge in [-0.15, -0.1) is 11.3 Å². The van der Waals surface area contributed by atoms with Gasteiger partial charge >= 0.3 is 5.97 Å². The van der Waals surface area contributed by atoms with Crippen molar-refractivity contribution in [3.63, 3.8) is 0 Å². The first-order valence-corrected chi connectivity index (χ1v) is 6.84. The zero-order valence-electron chi connectivity index (χ0n) is 11.1. The van der Waals surface area contributed by atoms with Gasteiger partial charge in [0.1, 0.15) is 0 Å². The molecule has 0 saturated carbocycles. The average Bonchev–Trinajstić information content (AvgIpc) is 2.91. The predicted octanol–water partition coefficient (Wildman–Crippen LogP) is 3.49. The van der Waals surface area contributed by atoms with Crippen molar-refractivity contribution in [1.29, 1.82) is 0 Å². The van der Waals surface area contributed by atoms with Gasteiger partial charge < -0.3 is 10.1 Å². The van der Waals surface area contributed by atoms with E-state index in [1.165, 1.54) is 18.4 Å².